The Morgan fingerprint density at radius 1 is 0.905 bits per heavy atom. The smallest absolute Gasteiger partial charge is 0.246 e. The summed E-state index contributed by atoms with van der Waals surface area (Å²) in [6.07, 6.45) is 1.96. The predicted molar refractivity (Wildman–Crippen MR) is 92.7 cm³/mol. The second-order valence-corrected chi connectivity index (χ2v) is 8.96. The number of rotatable bonds is 12. The van der Waals surface area contributed by atoms with Crippen LogP contribution in [0.3, 0.4) is 0 Å². The molecule has 21 heavy (non-hydrogen) atoms. The summed E-state index contributed by atoms with van der Waals surface area (Å²) in [6.45, 7) is 12.0. The first-order valence-corrected chi connectivity index (χ1v) is 10.6. The van der Waals surface area contributed by atoms with E-state index in [1.807, 2.05) is 0 Å². The molecule has 0 bridgehead atoms. The Morgan fingerprint density at radius 3 is 1.62 bits per heavy atom. The van der Waals surface area contributed by atoms with E-state index in [0.29, 0.717) is 24.2 Å². The van der Waals surface area contributed by atoms with E-state index in [1.54, 1.807) is 13.8 Å². The quantitative estimate of drug-likeness (QED) is 0.305. The molecule has 0 aromatic carbocycles. The predicted octanol–water partition coefficient (Wildman–Crippen LogP) is 0.172. The van der Waals surface area contributed by atoms with Crippen molar-refractivity contribution in [2.24, 2.45) is 0 Å². The average Bonchev–Trinajstić information content (AvgIpc) is 2.43. The highest BCUT2D eigenvalue weighted by Gasteiger charge is 2.01. The SMILES string of the molecule is C=C(C)C(=O)NCCC[SiH2]O[SiH2]CCCNC(=O)C(=C)C. The minimum Gasteiger partial charge on any atom is -0.465 e. The van der Waals surface area contributed by atoms with E-state index < -0.39 is 19.5 Å². The van der Waals surface area contributed by atoms with Gasteiger partial charge in [0.25, 0.3) is 0 Å². The Morgan fingerprint density at radius 2 is 1.29 bits per heavy atom. The van der Waals surface area contributed by atoms with Gasteiger partial charge in [0.05, 0.1) is 0 Å². The Balaban J connectivity index is 3.23. The monoisotopic (exact) mass is 328 g/mol. The van der Waals surface area contributed by atoms with Crippen LogP contribution < -0.4 is 10.6 Å². The zero-order valence-corrected chi connectivity index (χ0v) is 16.1. The molecule has 7 heteroatoms. The van der Waals surface area contributed by atoms with Gasteiger partial charge in [-0.1, -0.05) is 13.2 Å². The van der Waals surface area contributed by atoms with Crippen LogP contribution in [-0.4, -0.2) is 44.4 Å². The fraction of sp³-hybridized carbons (Fsp3) is 0.571. The van der Waals surface area contributed by atoms with Crippen LogP contribution in [0.2, 0.25) is 12.1 Å². The van der Waals surface area contributed by atoms with E-state index in [1.165, 1.54) is 0 Å². The molecular formula is C14H28N2O3Si2. The fourth-order valence-electron chi connectivity index (χ4n) is 1.47. The van der Waals surface area contributed by atoms with Crippen LogP contribution in [0.4, 0.5) is 0 Å². The number of hydrogen-bond acceptors (Lipinski definition) is 3. The maximum atomic E-state index is 11.2. The second-order valence-electron chi connectivity index (χ2n) is 5.10. The van der Waals surface area contributed by atoms with Crippen LogP contribution in [0.15, 0.2) is 24.3 Å². The summed E-state index contributed by atoms with van der Waals surface area (Å²) in [6, 6.07) is 2.19. The Bertz CT molecular complexity index is 339. The first-order chi connectivity index (χ1) is 9.95. The van der Waals surface area contributed by atoms with Crippen molar-refractivity contribution in [2.75, 3.05) is 13.1 Å². The lowest BCUT2D eigenvalue weighted by Gasteiger charge is -2.06. The lowest BCUT2D eigenvalue weighted by Crippen LogP contribution is -2.25. The van der Waals surface area contributed by atoms with Gasteiger partial charge in [0.15, 0.2) is 0 Å². The summed E-state index contributed by atoms with van der Waals surface area (Å²) < 4.78 is 5.76. The first kappa shape index (κ1) is 19.8. The summed E-state index contributed by atoms with van der Waals surface area (Å²) in [5, 5.41) is 5.63. The molecule has 0 saturated heterocycles. The van der Waals surface area contributed by atoms with Crippen molar-refractivity contribution in [1.82, 2.24) is 10.6 Å². The summed E-state index contributed by atoms with van der Waals surface area (Å²) in [7, 11) is -0.858. The summed E-state index contributed by atoms with van der Waals surface area (Å²) in [5.74, 6) is -0.132. The highest BCUT2D eigenvalue weighted by atomic mass is 28.3. The third-order valence-electron chi connectivity index (χ3n) is 2.78. The Labute approximate surface area is 132 Å². The standard InChI is InChI=1S/C14H28N2O3Si2/c1-11(2)13(17)15-7-5-9-20-19-21-10-6-8-16-14(18)12(3)4/h1,3,5-10,20-21H2,2,4H3,(H,15,17)(H,16,18). The van der Waals surface area contributed by atoms with Crippen LogP contribution in [0.1, 0.15) is 26.7 Å². The molecule has 0 spiro atoms. The third kappa shape index (κ3) is 12.3. The van der Waals surface area contributed by atoms with Crippen molar-refractivity contribution < 1.29 is 13.7 Å². The number of carbonyl (C=O) groups excluding carboxylic acids is 2. The van der Waals surface area contributed by atoms with Gasteiger partial charge in [-0.3, -0.25) is 9.59 Å². The molecule has 120 valence electrons. The van der Waals surface area contributed by atoms with Crippen LogP contribution in [0, 0.1) is 0 Å². The van der Waals surface area contributed by atoms with E-state index in [4.69, 9.17) is 4.12 Å². The average molecular weight is 329 g/mol. The molecule has 0 aliphatic rings. The van der Waals surface area contributed by atoms with Gasteiger partial charge in [-0.15, -0.1) is 0 Å². The Hall–Kier alpha value is -1.19. The van der Waals surface area contributed by atoms with Crippen LogP contribution >= 0.6 is 0 Å². The maximum absolute atomic E-state index is 11.2. The molecule has 2 N–H and O–H groups in total. The van der Waals surface area contributed by atoms with E-state index in [-0.39, 0.29) is 11.8 Å². The zero-order chi connectivity index (χ0) is 16.1. The number of carbonyl (C=O) groups is 2. The third-order valence-corrected chi connectivity index (χ3v) is 6.66. The highest BCUT2D eigenvalue weighted by Crippen LogP contribution is 1.93. The van der Waals surface area contributed by atoms with Gasteiger partial charge in [-0.05, 0) is 38.8 Å². The van der Waals surface area contributed by atoms with Gasteiger partial charge < -0.3 is 14.7 Å². The van der Waals surface area contributed by atoms with E-state index in [0.717, 1.165) is 24.9 Å². The molecule has 0 aliphatic carbocycles. The van der Waals surface area contributed by atoms with Crippen molar-refractivity contribution in [1.29, 1.82) is 0 Å². The highest BCUT2D eigenvalue weighted by molar-refractivity contribution is 6.42. The van der Waals surface area contributed by atoms with E-state index in [2.05, 4.69) is 23.8 Å². The molecule has 5 nitrogen and oxygen atoms in total. The molecule has 0 heterocycles. The molecule has 0 aromatic heterocycles. The minimum atomic E-state index is -0.429. The first-order valence-electron chi connectivity index (χ1n) is 7.40. The molecule has 2 amide bonds. The van der Waals surface area contributed by atoms with Gasteiger partial charge in [-0.2, -0.15) is 0 Å². The summed E-state index contributed by atoms with van der Waals surface area (Å²) in [4.78, 5) is 22.4. The van der Waals surface area contributed by atoms with Crippen molar-refractivity contribution >= 4 is 31.3 Å². The molecule has 0 aromatic rings. The molecule has 0 saturated carbocycles. The van der Waals surface area contributed by atoms with Gasteiger partial charge in [0, 0.05) is 24.2 Å². The van der Waals surface area contributed by atoms with Gasteiger partial charge in [0.2, 0.25) is 11.8 Å². The molecule has 0 rings (SSSR count). The molecule has 0 unspecified atom stereocenters. The summed E-state index contributed by atoms with van der Waals surface area (Å²) >= 11 is 0. The lowest BCUT2D eigenvalue weighted by molar-refractivity contribution is -0.118. The normalized spacial score (nSPS) is 11.1. The van der Waals surface area contributed by atoms with E-state index in [9.17, 15) is 9.59 Å². The van der Waals surface area contributed by atoms with E-state index >= 15 is 0 Å². The fourth-order valence-corrected chi connectivity index (χ4v) is 4.82. The molecule has 0 radical (unpaired) electrons. The topological polar surface area (TPSA) is 67.4 Å². The molecule has 0 aliphatic heterocycles. The van der Waals surface area contributed by atoms with Gasteiger partial charge >= 0.3 is 0 Å². The van der Waals surface area contributed by atoms with Gasteiger partial charge in [-0.25, -0.2) is 0 Å². The molecular weight excluding hydrogens is 300 g/mol. The van der Waals surface area contributed by atoms with Crippen LogP contribution in [-0.2, 0) is 13.7 Å². The van der Waals surface area contributed by atoms with Crippen molar-refractivity contribution in [3.63, 3.8) is 0 Å². The van der Waals surface area contributed by atoms with Crippen molar-refractivity contribution in [3.8, 4) is 0 Å². The van der Waals surface area contributed by atoms with Gasteiger partial charge in [0.1, 0.15) is 19.5 Å². The lowest BCUT2D eigenvalue weighted by atomic mass is 10.3. The van der Waals surface area contributed by atoms with Crippen LogP contribution in [0.25, 0.3) is 0 Å². The Kier molecular flexibility index (Phi) is 11.8. The second kappa shape index (κ2) is 12.5. The molecule has 0 fully saturated rings. The summed E-state index contributed by atoms with van der Waals surface area (Å²) in [5.41, 5.74) is 1.10. The largest absolute Gasteiger partial charge is 0.465 e. The number of hydrogen-bond donors (Lipinski definition) is 2. The zero-order valence-electron chi connectivity index (χ0n) is 13.3. The van der Waals surface area contributed by atoms with Crippen molar-refractivity contribution in [3.05, 3.63) is 24.3 Å². The molecule has 0 atom stereocenters. The minimum absolute atomic E-state index is 0.0660. The van der Waals surface area contributed by atoms with Crippen molar-refractivity contribution in [2.45, 2.75) is 38.8 Å². The van der Waals surface area contributed by atoms with Crippen LogP contribution in [0.5, 0.6) is 0 Å². The number of nitrogens with one attached hydrogen (secondary N) is 2. The maximum Gasteiger partial charge on any atom is 0.246 e. The number of amides is 2.